The van der Waals surface area contributed by atoms with Gasteiger partial charge in [0.1, 0.15) is 5.70 Å². The topological polar surface area (TPSA) is 41.8 Å². The van der Waals surface area contributed by atoms with Crippen molar-refractivity contribution in [2.24, 2.45) is 9.98 Å². The molecule has 0 radical (unpaired) electrons. The van der Waals surface area contributed by atoms with E-state index in [4.69, 9.17) is 0 Å². The van der Waals surface area contributed by atoms with Crippen LogP contribution in [0.1, 0.15) is 0 Å². The van der Waals surface area contributed by atoms with Gasteiger partial charge >= 0.3 is 0 Å². The van der Waals surface area contributed by atoms with Crippen molar-refractivity contribution in [1.29, 1.82) is 0 Å². The minimum absolute atomic E-state index is 0.194. The van der Waals surface area contributed by atoms with Gasteiger partial charge in [0.2, 0.25) is 0 Å². The average molecular weight is 110 g/mol. The Hall–Kier alpha value is -1.25. The number of aliphatic imine (C=N–C) groups is 2. The smallest absolute Gasteiger partial charge is 0.169 e. The Kier molecular flexibility index (Phi) is 3.31. The van der Waals surface area contributed by atoms with Gasteiger partial charge in [-0.15, -0.1) is 0 Å². The molecule has 0 aromatic rings. The van der Waals surface area contributed by atoms with Gasteiger partial charge in [-0.2, -0.15) is 0 Å². The summed E-state index contributed by atoms with van der Waals surface area (Å²) in [7, 11) is 0. The van der Waals surface area contributed by atoms with E-state index >= 15 is 0 Å². The van der Waals surface area contributed by atoms with Crippen LogP contribution >= 0.6 is 0 Å². The minimum atomic E-state index is 0.194. The number of nitrogens with zero attached hydrogens (tertiary/aromatic N) is 2. The molecule has 0 bridgehead atoms. The van der Waals surface area contributed by atoms with Gasteiger partial charge in [0.05, 0.1) is 6.20 Å². The van der Waals surface area contributed by atoms with Gasteiger partial charge in [0.25, 0.3) is 0 Å². The van der Waals surface area contributed by atoms with Gasteiger partial charge in [0, 0.05) is 0 Å². The predicted octanol–water partition coefficient (Wildman–Crippen LogP) is 0.428. The molecule has 0 aliphatic rings. The highest BCUT2D eigenvalue weighted by Crippen LogP contribution is 1.87. The van der Waals surface area contributed by atoms with Gasteiger partial charge in [0.15, 0.2) is 6.29 Å². The zero-order chi connectivity index (χ0) is 6.41. The normalized spacial score (nSPS) is 10.2. The third kappa shape index (κ3) is 2.02. The number of rotatable bonds is 3. The molecule has 3 heteroatoms. The van der Waals surface area contributed by atoms with E-state index in [9.17, 15) is 4.79 Å². The van der Waals surface area contributed by atoms with Gasteiger partial charge in [-0.25, -0.2) is 0 Å². The molecule has 42 valence electrons. The standard InChI is InChI=1S/C5H6N2O/c1-6-3-5(4-8)7-2/h3-4H,1-2H2/b5-3-. The predicted molar refractivity (Wildman–Crippen MR) is 33.2 cm³/mol. The van der Waals surface area contributed by atoms with Gasteiger partial charge < -0.3 is 0 Å². The second-order valence-electron chi connectivity index (χ2n) is 1.01. The first-order valence-electron chi connectivity index (χ1n) is 1.93. The molecule has 3 nitrogen and oxygen atoms in total. The van der Waals surface area contributed by atoms with Gasteiger partial charge in [-0.05, 0) is 13.4 Å². The zero-order valence-electron chi connectivity index (χ0n) is 4.37. The maximum absolute atomic E-state index is 9.84. The van der Waals surface area contributed by atoms with Gasteiger partial charge in [-0.1, -0.05) is 0 Å². The quantitative estimate of drug-likeness (QED) is 0.295. The van der Waals surface area contributed by atoms with Crippen molar-refractivity contribution in [3.8, 4) is 0 Å². The van der Waals surface area contributed by atoms with Crippen molar-refractivity contribution >= 4 is 19.7 Å². The molecule has 0 aliphatic carbocycles. The van der Waals surface area contributed by atoms with Crippen LogP contribution in [0.4, 0.5) is 0 Å². The van der Waals surface area contributed by atoms with E-state index in [1.165, 1.54) is 6.20 Å². The lowest BCUT2D eigenvalue weighted by atomic mass is 10.5. The molecule has 0 unspecified atom stereocenters. The first-order chi connectivity index (χ1) is 3.85. The maximum atomic E-state index is 9.84. The Balaban J connectivity index is 4.05. The van der Waals surface area contributed by atoms with Crippen LogP contribution in [0.2, 0.25) is 0 Å². The molecule has 0 spiro atoms. The molecular weight excluding hydrogens is 104 g/mol. The van der Waals surface area contributed by atoms with E-state index in [1.807, 2.05) is 0 Å². The van der Waals surface area contributed by atoms with Crippen molar-refractivity contribution in [2.75, 3.05) is 0 Å². The van der Waals surface area contributed by atoms with Crippen LogP contribution in [0.3, 0.4) is 0 Å². The Labute approximate surface area is 47.5 Å². The van der Waals surface area contributed by atoms with Crippen molar-refractivity contribution in [2.45, 2.75) is 0 Å². The molecule has 0 aliphatic heterocycles. The van der Waals surface area contributed by atoms with E-state index in [-0.39, 0.29) is 5.70 Å². The highest BCUT2D eigenvalue weighted by atomic mass is 16.1. The Bertz CT molecular complexity index is 127. The Morgan fingerprint density at radius 3 is 2.25 bits per heavy atom. The largest absolute Gasteiger partial charge is 0.296 e. The summed E-state index contributed by atoms with van der Waals surface area (Å²) in [6.07, 6.45) is 1.79. The summed E-state index contributed by atoms with van der Waals surface area (Å²) in [5.41, 5.74) is 0.194. The second kappa shape index (κ2) is 3.92. The van der Waals surface area contributed by atoms with Crippen molar-refractivity contribution in [3.05, 3.63) is 11.9 Å². The highest BCUT2D eigenvalue weighted by Gasteiger charge is 1.81. The van der Waals surface area contributed by atoms with Crippen LogP contribution in [0, 0.1) is 0 Å². The lowest BCUT2D eigenvalue weighted by molar-refractivity contribution is -0.104. The van der Waals surface area contributed by atoms with Crippen molar-refractivity contribution < 1.29 is 4.79 Å². The fraction of sp³-hybridized carbons (Fsp3) is 0. The number of aldehydes is 1. The van der Waals surface area contributed by atoms with E-state index in [1.54, 1.807) is 0 Å². The number of hydrogen-bond donors (Lipinski definition) is 0. The fourth-order valence-corrected chi connectivity index (χ4v) is 0.202. The van der Waals surface area contributed by atoms with Crippen LogP contribution < -0.4 is 0 Å². The molecular formula is C5H6N2O. The molecule has 0 saturated heterocycles. The molecule has 0 heterocycles. The summed E-state index contributed by atoms with van der Waals surface area (Å²) in [5.74, 6) is 0. The van der Waals surface area contributed by atoms with Crippen LogP contribution in [0.5, 0.6) is 0 Å². The van der Waals surface area contributed by atoms with Crippen LogP contribution in [-0.2, 0) is 4.79 Å². The van der Waals surface area contributed by atoms with Crippen LogP contribution in [0.15, 0.2) is 21.9 Å². The summed E-state index contributed by atoms with van der Waals surface area (Å²) in [4.78, 5) is 16.4. The molecule has 0 rings (SSSR count). The number of hydrogen-bond acceptors (Lipinski definition) is 3. The second-order valence-corrected chi connectivity index (χ2v) is 1.01. The van der Waals surface area contributed by atoms with Crippen molar-refractivity contribution in [3.63, 3.8) is 0 Å². The summed E-state index contributed by atoms with van der Waals surface area (Å²) in [6.45, 7) is 6.24. The molecule has 0 N–H and O–H groups in total. The lowest BCUT2D eigenvalue weighted by Gasteiger charge is -1.78. The van der Waals surface area contributed by atoms with Gasteiger partial charge in [-0.3, -0.25) is 14.8 Å². The first kappa shape index (κ1) is 6.75. The molecule has 0 aromatic carbocycles. The van der Waals surface area contributed by atoms with E-state index in [0.29, 0.717) is 6.29 Å². The van der Waals surface area contributed by atoms with Crippen LogP contribution in [0.25, 0.3) is 0 Å². The van der Waals surface area contributed by atoms with Crippen molar-refractivity contribution in [1.82, 2.24) is 0 Å². The molecule has 0 aromatic heterocycles. The zero-order valence-corrected chi connectivity index (χ0v) is 4.37. The summed E-state index contributed by atoms with van der Waals surface area (Å²) in [5, 5.41) is 0. The first-order valence-corrected chi connectivity index (χ1v) is 1.93. The average Bonchev–Trinajstić information content (AvgIpc) is 1.83. The monoisotopic (exact) mass is 110 g/mol. The molecule has 0 fully saturated rings. The highest BCUT2D eigenvalue weighted by molar-refractivity contribution is 5.73. The third-order valence-electron chi connectivity index (χ3n) is 0.527. The number of carbonyl (C=O) groups is 1. The van der Waals surface area contributed by atoms with E-state index in [0.717, 1.165) is 0 Å². The summed E-state index contributed by atoms with van der Waals surface area (Å²) < 4.78 is 0. The van der Waals surface area contributed by atoms with E-state index < -0.39 is 0 Å². The fourth-order valence-electron chi connectivity index (χ4n) is 0.202. The lowest BCUT2D eigenvalue weighted by Crippen LogP contribution is -1.74. The maximum Gasteiger partial charge on any atom is 0.169 e. The van der Waals surface area contributed by atoms with Crippen LogP contribution in [-0.4, -0.2) is 19.7 Å². The summed E-state index contributed by atoms with van der Waals surface area (Å²) in [6, 6.07) is 0. The third-order valence-corrected chi connectivity index (χ3v) is 0.527. The summed E-state index contributed by atoms with van der Waals surface area (Å²) >= 11 is 0. The molecule has 0 atom stereocenters. The van der Waals surface area contributed by atoms with E-state index in [2.05, 4.69) is 23.4 Å². The Morgan fingerprint density at radius 2 is 2.12 bits per heavy atom. The number of carbonyl (C=O) groups excluding carboxylic acids is 1. The Morgan fingerprint density at radius 1 is 1.50 bits per heavy atom. The minimum Gasteiger partial charge on any atom is -0.296 e. The number of allylic oxidation sites excluding steroid dienone is 1. The molecule has 0 amide bonds. The molecule has 0 saturated carbocycles. The molecule has 8 heavy (non-hydrogen) atoms. The SMILES string of the molecule is C=N/C=C(/C=O)N=C.